The zero-order valence-electron chi connectivity index (χ0n) is 18.8. The predicted octanol–water partition coefficient (Wildman–Crippen LogP) is 4.50. The molecule has 4 rings (SSSR count). The highest BCUT2D eigenvalue weighted by atomic mass is 19.1. The van der Waals surface area contributed by atoms with E-state index in [1.54, 1.807) is 16.9 Å². The van der Waals surface area contributed by atoms with E-state index in [2.05, 4.69) is 39.4 Å². The van der Waals surface area contributed by atoms with Crippen LogP contribution in [0.25, 0.3) is 5.57 Å². The largest absolute Gasteiger partial charge is 0.334 e. The van der Waals surface area contributed by atoms with Crippen LogP contribution in [-0.2, 0) is 19.4 Å². The molecule has 2 heterocycles. The van der Waals surface area contributed by atoms with Gasteiger partial charge >= 0.3 is 0 Å². The molecule has 0 unspecified atom stereocenters. The molecule has 0 atom stereocenters. The summed E-state index contributed by atoms with van der Waals surface area (Å²) in [5, 5.41) is 12.7. The first-order valence-electron chi connectivity index (χ1n) is 11.1. The summed E-state index contributed by atoms with van der Waals surface area (Å²) in [6.45, 7) is 8.30. The zero-order chi connectivity index (χ0) is 22.7. The van der Waals surface area contributed by atoms with Crippen molar-refractivity contribution >= 4 is 17.3 Å². The molecule has 166 valence electrons. The van der Waals surface area contributed by atoms with E-state index in [-0.39, 0.29) is 18.0 Å². The molecule has 32 heavy (non-hydrogen) atoms. The summed E-state index contributed by atoms with van der Waals surface area (Å²) in [5.41, 5.74) is 5.62. The Labute approximate surface area is 187 Å². The van der Waals surface area contributed by atoms with Gasteiger partial charge in [-0.15, -0.1) is 5.10 Å². The first kappa shape index (κ1) is 21.9. The van der Waals surface area contributed by atoms with Crippen LogP contribution >= 0.6 is 0 Å². The van der Waals surface area contributed by atoms with Crippen molar-refractivity contribution in [3.05, 3.63) is 76.1 Å². The number of nitrogens with zero attached hydrogens (tertiary/aromatic N) is 5. The summed E-state index contributed by atoms with van der Waals surface area (Å²) in [5.74, 6) is 0.283. The summed E-state index contributed by atoms with van der Waals surface area (Å²) in [6, 6.07) is 12.8. The van der Waals surface area contributed by atoms with Crippen LogP contribution in [-0.4, -0.2) is 39.1 Å². The maximum atomic E-state index is 14.0. The molecule has 7 heteroatoms. The number of benzene rings is 2. The van der Waals surface area contributed by atoms with Gasteiger partial charge in [0.1, 0.15) is 5.82 Å². The van der Waals surface area contributed by atoms with Crippen molar-refractivity contribution in [3.8, 4) is 0 Å². The molecule has 0 aliphatic carbocycles. The maximum Gasteiger partial charge on any atom is 0.266 e. The van der Waals surface area contributed by atoms with Gasteiger partial charge in [0.25, 0.3) is 5.95 Å². The Balaban J connectivity index is 1.49. The zero-order valence-corrected chi connectivity index (χ0v) is 18.8. The van der Waals surface area contributed by atoms with Crippen LogP contribution in [0.15, 0.2) is 48.0 Å². The smallest absolute Gasteiger partial charge is 0.266 e. The second kappa shape index (κ2) is 9.42. The van der Waals surface area contributed by atoms with Crippen molar-refractivity contribution in [2.45, 2.75) is 46.6 Å². The summed E-state index contributed by atoms with van der Waals surface area (Å²) >= 11 is 0. The number of aryl methyl sites for hydroxylation is 1. The second-order valence-electron chi connectivity index (χ2n) is 8.12. The summed E-state index contributed by atoms with van der Waals surface area (Å²) in [4.78, 5) is 16.5. The topological polar surface area (TPSA) is 63.9 Å². The minimum absolute atomic E-state index is 0.0570. The number of carbonyl (C=O) groups excluding carboxylic acids is 1. The fourth-order valence-electron chi connectivity index (χ4n) is 4.15. The van der Waals surface area contributed by atoms with Crippen LogP contribution in [0.3, 0.4) is 0 Å². The highest BCUT2D eigenvalue weighted by Gasteiger charge is 2.21. The lowest BCUT2D eigenvalue weighted by Crippen LogP contribution is -2.31. The number of rotatable bonds is 7. The van der Waals surface area contributed by atoms with Gasteiger partial charge < -0.3 is 4.90 Å². The summed E-state index contributed by atoms with van der Waals surface area (Å²) in [6.07, 6.45) is 1.69. The number of hydrogen-bond donors (Lipinski definition) is 0. The molecular weight excluding hydrogens is 405 g/mol. The van der Waals surface area contributed by atoms with Crippen molar-refractivity contribution in [1.29, 1.82) is 0 Å². The summed E-state index contributed by atoms with van der Waals surface area (Å²) < 4.78 is 14.0. The quantitative estimate of drug-likeness (QED) is 0.513. The molecule has 2 aromatic carbocycles. The molecule has 0 spiro atoms. The lowest BCUT2D eigenvalue weighted by molar-refractivity contribution is 0.0991. The Bertz CT molecular complexity index is 1150. The second-order valence-corrected chi connectivity index (χ2v) is 8.12. The number of carbonyl (C=O) groups is 1. The number of aromatic nitrogens is 4. The first-order chi connectivity index (χ1) is 15.5. The van der Waals surface area contributed by atoms with Crippen molar-refractivity contribution in [3.63, 3.8) is 0 Å². The number of tetrazole rings is 1. The Hall–Kier alpha value is -3.35. The van der Waals surface area contributed by atoms with E-state index in [1.807, 2.05) is 26.0 Å². The van der Waals surface area contributed by atoms with Gasteiger partial charge in [0.15, 0.2) is 5.78 Å². The fraction of sp³-hybridized carbons (Fsp3) is 0.360. The lowest BCUT2D eigenvalue weighted by Gasteiger charge is -2.29. The number of ketones is 1. The Morgan fingerprint density at radius 1 is 1.12 bits per heavy atom. The van der Waals surface area contributed by atoms with E-state index in [9.17, 15) is 9.18 Å². The molecular formula is C25H28FN5O. The monoisotopic (exact) mass is 433 g/mol. The van der Waals surface area contributed by atoms with Gasteiger partial charge in [-0.25, -0.2) is 4.39 Å². The maximum absolute atomic E-state index is 14.0. The predicted molar refractivity (Wildman–Crippen MR) is 123 cm³/mol. The van der Waals surface area contributed by atoms with Crippen LogP contribution in [0.5, 0.6) is 0 Å². The molecule has 0 radical (unpaired) electrons. The number of hydrogen-bond acceptors (Lipinski definition) is 5. The summed E-state index contributed by atoms with van der Waals surface area (Å²) in [7, 11) is 0. The first-order valence-corrected chi connectivity index (χ1v) is 11.1. The minimum Gasteiger partial charge on any atom is -0.334 e. The molecule has 1 aromatic heterocycles. The third kappa shape index (κ3) is 4.47. The molecule has 1 aliphatic heterocycles. The highest BCUT2D eigenvalue weighted by Crippen LogP contribution is 2.28. The van der Waals surface area contributed by atoms with Crippen molar-refractivity contribution in [1.82, 2.24) is 20.2 Å². The molecule has 1 aliphatic rings. The van der Waals surface area contributed by atoms with E-state index in [1.165, 1.54) is 17.2 Å². The fourth-order valence-corrected chi connectivity index (χ4v) is 4.15. The molecule has 6 nitrogen and oxygen atoms in total. The number of anilines is 1. The van der Waals surface area contributed by atoms with Crippen molar-refractivity contribution in [2.75, 3.05) is 18.0 Å². The molecule has 0 saturated heterocycles. The van der Waals surface area contributed by atoms with Gasteiger partial charge in [-0.3, -0.25) is 4.79 Å². The minimum atomic E-state index is -0.313. The molecule has 0 fully saturated rings. The van der Waals surface area contributed by atoms with E-state index >= 15 is 0 Å². The van der Waals surface area contributed by atoms with E-state index in [4.69, 9.17) is 0 Å². The molecule has 0 N–H and O–H groups in total. The highest BCUT2D eigenvalue weighted by molar-refractivity contribution is 5.99. The van der Waals surface area contributed by atoms with E-state index in [0.717, 1.165) is 30.6 Å². The molecule has 0 saturated carbocycles. The van der Waals surface area contributed by atoms with E-state index < -0.39 is 0 Å². The van der Waals surface area contributed by atoms with Gasteiger partial charge in [-0.2, -0.15) is 4.80 Å². The van der Waals surface area contributed by atoms with Crippen LogP contribution in [0.1, 0.15) is 54.2 Å². The third-order valence-electron chi connectivity index (χ3n) is 6.07. The molecule has 0 amide bonds. The standard InChI is InChI=1S/C25H28FN5O/c1-4-20-21(7-6-8-23(20)26)24(32)15-18-9-11-19(12-10-18)22-16-30(14-13-17(22)3)25-27-29-31(5-2)28-25/h6-12H,4-5,13-16H2,1-3H3. The third-order valence-corrected chi connectivity index (χ3v) is 6.07. The van der Waals surface area contributed by atoms with Gasteiger partial charge in [-0.05, 0) is 60.2 Å². The van der Waals surface area contributed by atoms with Crippen LogP contribution in [0.2, 0.25) is 0 Å². The average Bonchev–Trinajstić information content (AvgIpc) is 3.29. The average molecular weight is 434 g/mol. The Morgan fingerprint density at radius 2 is 1.91 bits per heavy atom. The molecule has 3 aromatic rings. The number of Topliss-reactive ketones (excluding diaryl/α,β-unsaturated/α-hetero) is 1. The normalized spacial score (nSPS) is 14.2. The number of halogens is 1. The van der Waals surface area contributed by atoms with Crippen LogP contribution < -0.4 is 4.90 Å². The Kier molecular flexibility index (Phi) is 6.44. The van der Waals surface area contributed by atoms with Crippen molar-refractivity contribution in [2.24, 2.45) is 0 Å². The van der Waals surface area contributed by atoms with Gasteiger partial charge in [-0.1, -0.05) is 54.0 Å². The van der Waals surface area contributed by atoms with Crippen LogP contribution in [0.4, 0.5) is 10.3 Å². The van der Waals surface area contributed by atoms with E-state index in [0.29, 0.717) is 30.0 Å². The van der Waals surface area contributed by atoms with Crippen LogP contribution in [0, 0.1) is 5.82 Å². The van der Waals surface area contributed by atoms with Gasteiger partial charge in [0.05, 0.1) is 6.54 Å². The SMILES string of the molecule is CCc1c(F)cccc1C(=O)Cc1ccc(C2=C(C)CCN(c3nnn(CC)n3)C2)cc1. The van der Waals surface area contributed by atoms with Gasteiger partial charge in [0.2, 0.25) is 0 Å². The molecule has 0 bridgehead atoms. The Morgan fingerprint density at radius 3 is 2.59 bits per heavy atom. The van der Waals surface area contributed by atoms with Crippen molar-refractivity contribution < 1.29 is 9.18 Å². The van der Waals surface area contributed by atoms with Gasteiger partial charge in [0, 0.05) is 25.1 Å². The lowest BCUT2D eigenvalue weighted by atomic mass is 9.93.